The van der Waals surface area contributed by atoms with Crippen LogP contribution in [0.25, 0.3) is 0 Å². The number of nitrogens with zero attached hydrogens (tertiary/aromatic N) is 1. The summed E-state index contributed by atoms with van der Waals surface area (Å²) in [7, 11) is 0. The summed E-state index contributed by atoms with van der Waals surface area (Å²) in [6.07, 6.45) is 5.39. The van der Waals surface area contributed by atoms with Crippen molar-refractivity contribution in [2.75, 3.05) is 6.54 Å². The Balaban J connectivity index is 1.68. The minimum Gasteiger partial charge on any atom is -0.274 e. The molecule has 23 heavy (non-hydrogen) atoms. The minimum absolute atomic E-state index is 0.0997. The predicted molar refractivity (Wildman–Crippen MR) is 89.9 cm³/mol. The van der Waals surface area contributed by atoms with Crippen molar-refractivity contribution in [1.82, 2.24) is 4.90 Å². The van der Waals surface area contributed by atoms with Crippen LogP contribution in [0.1, 0.15) is 22.3 Å². The summed E-state index contributed by atoms with van der Waals surface area (Å²) in [6, 6.07) is 19.1. The van der Waals surface area contributed by atoms with Crippen molar-refractivity contribution in [1.29, 1.82) is 0 Å². The molecule has 0 N–H and O–H groups in total. The van der Waals surface area contributed by atoms with Gasteiger partial charge in [0.1, 0.15) is 0 Å². The molecular formula is C20H19NO2. The lowest BCUT2D eigenvalue weighted by atomic mass is 9.95. The SMILES string of the molecule is O=C(c1ccccc1)N1CC=CC(CCc2ccccc2)C1=O. The van der Waals surface area contributed by atoms with Gasteiger partial charge in [-0.3, -0.25) is 14.5 Å². The third-order valence-corrected chi connectivity index (χ3v) is 4.09. The first-order valence-corrected chi connectivity index (χ1v) is 7.87. The number of hydrogen-bond acceptors (Lipinski definition) is 2. The summed E-state index contributed by atoms with van der Waals surface area (Å²) in [5, 5.41) is 0. The third-order valence-electron chi connectivity index (χ3n) is 4.09. The van der Waals surface area contributed by atoms with E-state index in [9.17, 15) is 9.59 Å². The summed E-state index contributed by atoms with van der Waals surface area (Å²) in [5.74, 6) is -0.543. The first kappa shape index (κ1) is 15.2. The molecule has 0 saturated carbocycles. The Morgan fingerprint density at radius 3 is 2.35 bits per heavy atom. The molecule has 3 nitrogen and oxygen atoms in total. The second kappa shape index (κ2) is 7.05. The fourth-order valence-corrected chi connectivity index (χ4v) is 2.81. The van der Waals surface area contributed by atoms with Crippen LogP contribution < -0.4 is 0 Å². The number of carbonyl (C=O) groups excluding carboxylic acids is 2. The average Bonchev–Trinajstić information content (AvgIpc) is 2.62. The van der Waals surface area contributed by atoms with Gasteiger partial charge >= 0.3 is 0 Å². The van der Waals surface area contributed by atoms with E-state index in [1.54, 1.807) is 12.1 Å². The largest absolute Gasteiger partial charge is 0.274 e. The summed E-state index contributed by atoms with van der Waals surface area (Å²) in [6.45, 7) is 0.356. The quantitative estimate of drug-likeness (QED) is 0.640. The van der Waals surface area contributed by atoms with Gasteiger partial charge in [0.15, 0.2) is 0 Å². The normalized spacial score (nSPS) is 17.3. The smallest absolute Gasteiger partial charge is 0.260 e. The Morgan fingerprint density at radius 1 is 1.00 bits per heavy atom. The molecule has 0 saturated heterocycles. The lowest BCUT2D eigenvalue weighted by molar-refractivity contribution is -0.131. The maximum atomic E-state index is 12.6. The van der Waals surface area contributed by atoms with Crippen LogP contribution in [0, 0.1) is 5.92 Å². The molecule has 1 atom stereocenters. The Hall–Kier alpha value is -2.68. The van der Waals surface area contributed by atoms with Gasteiger partial charge in [0.05, 0.1) is 5.92 Å². The van der Waals surface area contributed by atoms with E-state index in [1.807, 2.05) is 48.6 Å². The van der Waals surface area contributed by atoms with E-state index in [4.69, 9.17) is 0 Å². The zero-order valence-corrected chi connectivity index (χ0v) is 12.9. The molecular weight excluding hydrogens is 286 g/mol. The number of aryl methyl sites for hydroxylation is 1. The average molecular weight is 305 g/mol. The lowest BCUT2D eigenvalue weighted by Crippen LogP contribution is -2.43. The van der Waals surface area contributed by atoms with Crippen LogP contribution in [-0.2, 0) is 11.2 Å². The topological polar surface area (TPSA) is 37.4 Å². The molecule has 0 aliphatic carbocycles. The maximum absolute atomic E-state index is 12.6. The molecule has 0 fully saturated rings. The highest BCUT2D eigenvalue weighted by Crippen LogP contribution is 2.20. The molecule has 0 aromatic heterocycles. The Bertz CT molecular complexity index is 707. The molecule has 1 aliphatic rings. The van der Waals surface area contributed by atoms with Gasteiger partial charge in [0.2, 0.25) is 5.91 Å². The van der Waals surface area contributed by atoms with Gasteiger partial charge in [-0.1, -0.05) is 60.7 Å². The zero-order valence-electron chi connectivity index (χ0n) is 12.9. The van der Waals surface area contributed by atoms with Gasteiger partial charge < -0.3 is 0 Å². The van der Waals surface area contributed by atoms with Crippen molar-refractivity contribution in [2.24, 2.45) is 5.92 Å². The highest BCUT2D eigenvalue weighted by Gasteiger charge is 2.29. The molecule has 0 radical (unpaired) electrons. The Labute approximate surface area is 136 Å². The third kappa shape index (κ3) is 3.57. The molecule has 116 valence electrons. The molecule has 3 rings (SSSR count). The summed E-state index contributed by atoms with van der Waals surface area (Å²) in [4.78, 5) is 26.5. The van der Waals surface area contributed by atoms with Crippen LogP contribution in [0.2, 0.25) is 0 Å². The van der Waals surface area contributed by atoms with Gasteiger partial charge in [-0.2, -0.15) is 0 Å². The molecule has 3 heteroatoms. The Morgan fingerprint density at radius 2 is 1.65 bits per heavy atom. The van der Waals surface area contributed by atoms with Crippen molar-refractivity contribution in [2.45, 2.75) is 12.8 Å². The fourth-order valence-electron chi connectivity index (χ4n) is 2.81. The van der Waals surface area contributed by atoms with Gasteiger partial charge in [-0.15, -0.1) is 0 Å². The molecule has 2 amide bonds. The zero-order chi connectivity index (χ0) is 16.1. The van der Waals surface area contributed by atoms with E-state index in [0.29, 0.717) is 12.1 Å². The van der Waals surface area contributed by atoms with Crippen molar-refractivity contribution in [3.8, 4) is 0 Å². The van der Waals surface area contributed by atoms with E-state index >= 15 is 0 Å². The number of imide groups is 1. The number of rotatable bonds is 4. The highest BCUT2D eigenvalue weighted by atomic mass is 16.2. The molecule has 1 unspecified atom stereocenters. The van der Waals surface area contributed by atoms with Crippen LogP contribution >= 0.6 is 0 Å². The first-order chi connectivity index (χ1) is 11.3. The van der Waals surface area contributed by atoms with Crippen LogP contribution in [0.5, 0.6) is 0 Å². The highest BCUT2D eigenvalue weighted by molar-refractivity contribution is 6.06. The summed E-state index contributed by atoms with van der Waals surface area (Å²) < 4.78 is 0. The van der Waals surface area contributed by atoms with Crippen molar-refractivity contribution in [3.05, 3.63) is 83.9 Å². The molecule has 2 aromatic rings. The maximum Gasteiger partial charge on any atom is 0.260 e. The molecule has 0 spiro atoms. The molecule has 0 bridgehead atoms. The van der Waals surface area contributed by atoms with Gasteiger partial charge in [0.25, 0.3) is 5.91 Å². The van der Waals surface area contributed by atoms with Crippen molar-refractivity contribution in [3.63, 3.8) is 0 Å². The van der Waals surface area contributed by atoms with E-state index in [2.05, 4.69) is 12.1 Å². The number of amides is 2. The van der Waals surface area contributed by atoms with Gasteiger partial charge in [-0.05, 0) is 30.5 Å². The predicted octanol–water partition coefficient (Wildman–Crippen LogP) is 3.47. The number of benzene rings is 2. The summed E-state index contributed by atoms with van der Waals surface area (Å²) >= 11 is 0. The fraction of sp³-hybridized carbons (Fsp3) is 0.200. The summed E-state index contributed by atoms with van der Waals surface area (Å²) in [5.41, 5.74) is 1.76. The lowest BCUT2D eigenvalue weighted by Gasteiger charge is -2.27. The molecule has 1 heterocycles. The van der Waals surface area contributed by atoms with E-state index in [0.717, 1.165) is 12.8 Å². The molecule has 1 aliphatic heterocycles. The van der Waals surface area contributed by atoms with E-state index in [-0.39, 0.29) is 17.7 Å². The van der Waals surface area contributed by atoms with E-state index < -0.39 is 0 Å². The van der Waals surface area contributed by atoms with Crippen LogP contribution in [-0.4, -0.2) is 23.3 Å². The second-order valence-corrected chi connectivity index (χ2v) is 5.68. The number of hydrogen-bond donors (Lipinski definition) is 0. The number of carbonyl (C=O) groups is 2. The second-order valence-electron chi connectivity index (χ2n) is 5.68. The first-order valence-electron chi connectivity index (χ1n) is 7.87. The van der Waals surface area contributed by atoms with Crippen molar-refractivity contribution < 1.29 is 9.59 Å². The van der Waals surface area contributed by atoms with E-state index in [1.165, 1.54) is 10.5 Å². The van der Waals surface area contributed by atoms with Crippen LogP contribution in [0.15, 0.2) is 72.8 Å². The van der Waals surface area contributed by atoms with Crippen molar-refractivity contribution >= 4 is 11.8 Å². The van der Waals surface area contributed by atoms with Crippen LogP contribution in [0.3, 0.4) is 0 Å². The van der Waals surface area contributed by atoms with Gasteiger partial charge in [-0.25, -0.2) is 0 Å². The monoisotopic (exact) mass is 305 g/mol. The van der Waals surface area contributed by atoms with Gasteiger partial charge in [0, 0.05) is 12.1 Å². The standard InChI is InChI=1S/C20H19NO2/c22-19(17-10-5-2-6-11-17)21-15-7-12-18(20(21)23)14-13-16-8-3-1-4-9-16/h1-12,18H,13-15H2. The minimum atomic E-state index is -0.225. The molecule has 2 aromatic carbocycles. The van der Waals surface area contributed by atoms with Crippen LogP contribution in [0.4, 0.5) is 0 Å². The Kier molecular flexibility index (Phi) is 4.67.